The van der Waals surface area contributed by atoms with Crippen LogP contribution in [0.1, 0.15) is 92.0 Å². The van der Waals surface area contributed by atoms with Crippen molar-refractivity contribution in [2.24, 2.45) is 10.4 Å². The average Bonchev–Trinajstić information content (AvgIpc) is 3.71. The normalized spacial score (nSPS) is 16.3. The van der Waals surface area contributed by atoms with Crippen LogP contribution in [0, 0.1) is 11.2 Å². The van der Waals surface area contributed by atoms with E-state index in [1.165, 1.54) is 41.8 Å². The number of carboxylic acids is 1. The summed E-state index contributed by atoms with van der Waals surface area (Å²) in [6, 6.07) is 8.27. The first kappa shape index (κ1) is 41.6. The van der Waals surface area contributed by atoms with E-state index in [1.54, 1.807) is 20.2 Å². The van der Waals surface area contributed by atoms with Gasteiger partial charge in [-0.1, -0.05) is 44.9 Å². The number of rotatable bonds is 16. The van der Waals surface area contributed by atoms with Crippen molar-refractivity contribution in [3.63, 3.8) is 0 Å². The molecule has 2 N–H and O–H groups in total. The molecule has 302 valence electrons. The molecule has 0 saturated carbocycles. The van der Waals surface area contributed by atoms with Crippen LogP contribution in [0.2, 0.25) is 5.02 Å². The summed E-state index contributed by atoms with van der Waals surface area (Å²) < 4.78 is 39.3. The van der Waals surface area contributed by atoms with Gasteiger partial charge in [-0.05, 0) is 67.9 Å². The Morgan fingerprint density at radius 1 is 1.09 bits per heavy atom. The summed E-state index contributed by atoms with van der Waals surface area (Å²) in [5.74, 6) is -0.745. The first-order chi connectivity index (χ1) is 27.3. The Hall–Kier alpha value is -5.05. The molecule has 0 fully saturated rings. The molecule has 0 saturated heterocycles. The zero-order valence-corrected chi connectivity index (χ0v) is 34.1. The molecule has 4 aromatic rings. The number of nitrogens with zero attached hydrogens (tertiary/aromatic N) is 3. The zero-order valence-electron chi connectivity index (χ0n) is 32.5. The van der Waals surface area contributed by atoms with Gasteiger partial charge < -0.3 is 33.9 Å². The quantitative estimate of drug-likeness (QED) is 0.0837. The van der Waals surface area contributed by atoms with Gasteiger partial charge in [-0.15, -0.1) is 11.3 Å². The fourth-order valence-corrected chi connectivity index (χ4v) is 7.93. The van der Waals surface area contributed by atoms with Gasteiger partial charge in [-0.25, -0.2) is 19.0 Å². The Labute approximate surface area is 339 Å². The summed E-state index contributed by atoms with van der Waals surface area (Å²) in [4.78, 5) is 47.1. The molecule has 2 unspecified atom stereocenters. The van der Waals surface area contributed by atoms with E-state index >= 15 is 0 Å². The predicted octanol–water partition coefficient (Wildman–Crippen LogP) is 8.18. The van der Waals surface area contributed by atoms with Crippen molar-refractivity contribution in [1.82, 2.24) is 14.9 Å². The minimum absolute atomic E-state index is 0.0744. The molecule has 2 aliphatic heterocycles. The van der Waals surface area contributed by atoms with E-state index in [0.29, 0.717) is 58.9 Å². The van der Waals surface area contributed by atoms with E-state index in [1.807, 2.05) is 22.1 Å². The molecule has 0 bridgehead atoms. The molecule has 0 aliphatic carbocycles. The molecule has 57 heavy (non-hydrogen) atoms. The Balaban J connectivity index is 1.07. The van der Waals surface area contributed by atoms with Crippen LogP contribution in [-0.2, 0) is 20.7 Å². The number of amidine groups is 1. The van der Waals surface area contributed by atoms with Crippen LogP contribution >= 0.6 is 22.9 Å². The Kier molecular flexibility index (Phi) is 13.2. The van der Waals surface area contributed by atoms with E-state index in [0.717, 1.165) is 36.8 Å². The van der Waals surface area contributed by atoms with Crippen LogP contribution < -0.4 is 20.2 Å². The van der Waals surface area contributed by atoms with E-state index in [4.69, 9.17) is 35.5 Å². The monoisotopic (exact) mass is 820 g/mol. The van der Waals surface area contributed by atoms with Gasteiger partial charge in [0.15, 0.2) is 27.8 Å². The number of benzene rings is 2. The molecule has 0 radical (unpaired) electrons. The molecular formula is C42H46ClFN4O8S. The number of halogens is 2. The standard InChI is InChI=1S/C42H46ClFN4O8S/c1-6-55-41(52)36-30(46-38(39-45-13-16-57-39)47-37(36)26-12-11-25(44)19-29(26)43)23-54-14-9-7-8-10-15-56-34-17-24-18-35(42(2,3)4)48-22-28(40(50)51)32(49)21-31(48)27(24)20-33(34)53-5/h11-13,16-17,19-22,35,37H,6-10,14-15,18,23H2,1-5H3,(H,46,47)(H,50,51). The van der Waals surface area contributed by atoms with Crippen LogP contribution in [0.15, 0.2) is 75.2 Å². The number of carboxylic acid groups (broad SMARTS) is 1. The van der Waals surface area contributed by atoms with Crippen LogP contribution in [0.5, 0.6) is 11.5 Å². The second-order valence-electron chi connectivity index (χ2n) is 14.8. The number of aromatic nitrogens is 2. The Bertz CT molecular complexity index is 2250. The van der Waals surface area contributed by atoms with Gasteiger partial charge in [0.2, 0.25) is 0 Å². The van der Waals surface area contributed by atoms with Crippen LogP contribution in [0.3, 0.4) is 0 Å². The van der Waals surface area contributed by atoms with Crippen molar-refractivity contribution < 1.29 is 38.0 Å². The number of carbonyl (C=O) groups excluding carboxylic acids is 1. The number of thiazole rings is 1. The number of nitrogens with one attached hydrogen (secondary N) is 1. The van der Waals surface area contributed by atoms with Crippen molar-refractivity contribution in [2.45, 2.75) is 71.9 Å². The van der Waals surface area contributed by atoms with Gasteiger partial charge in [0.1, 0.15) is 17.4 Å². The third-order valence-corrected chi connectivity index (χ3v) is 11.0. The Morgan fingerprint density at radius 3 is 2.53 bits per heavy atom. The lowest BCUT2D eigenvalue weighted by Gasteiger charge is -2.39. The number of unbranched alkanes of at least 4 members (excludes halogenated alkanes) is 3. The molecule has 0 spiro atoms. The number of aromatic carboxylic acids is 1. The summed E-state index contributed by atoms with van der Waals surface area (Å²) >= 11 is 7.85. The highest BCUT2D eigenvalue weighted by Gasteiger charge is 2.36. The maximum Gasteiger partial charge on any atom is 0.341 e. The topological polar surface area (TPSA) is 151 Å². The number of esters is 1. The number of carbonyl (C=O) groups is 2. The van der Waals surface area contributed by atoms with Gasteiger partial charge >= 0.3 is 11.9 Å². The predicted molar refractivity (Wildman–Crippen MR) is 216 cm³/mol. The minimum Gasteiger partial charge on any atom is -0.493 e. The first-order valence-electron chi connectivity index (χ1n) is 18.8. The first-order valence-corrected chi connectivity index (χ1v) is 20.1. The van der Waals surface area contributed by atoms with E-state index in [-0.39, 0.29) is 40.8 Å². The lowest BCUT2D eigenvalue weighted by molar-refractivity contribution is -0.139. The number of aliphatic imine (C=N–C) groups is 1. The molecule has 2 atom stereocenters. The second kappa shape index (κ2) is 18.0. The van der Waals surface area contributed by atoms with Crippen LogP contribution in [0.4, 0.5) is 4.39 Å². The van der Waals surface area contributed by atoms with Gasteiger partial charge in [0, 0.05) is 52.6 Å². The lowest BCUT2D eigenvalue weighted by Crippen LogP contribution is -2.36. The highest BCUT2D eigenvalue weighted by molar-refractivity contribution is 7.11. The molecule has 2 aliphatic rings. The van der Waals surface area contributed by atoms with Gasteiger partial charge in [-0.2, -0.15) is 0 Å². The second-order valence-corrected chi connectivity index (χ2v) is 16.1. The van der Waals surface area contributed by atoms with E-state index in [2.05, 4.69) is 31.1 Å². The smallest absolute Gasteiger partial charge is 0.341 e. The largest absolute Gasteiger partial charge is 0.493 e. The van der Waals surface area contributed by atoms with E-state index < -0.39 is 29.2 Å². The summed E-state index contributed by atoms with van der Waals surface area (Å²) in [6.07, 6.45) is 7.05. The minimum atomic E-state index is -1.25. The number of fused-ring (bicyclic) bond motifs is 3. The molecule has 2 aromatic heterocycles. The van der Waals surface area contributed by atoms with Crippen molar-refractivity contribution in [3.05, 3.63) is 108 Å². The summed E-state index contributed by atoms with van der Waals surface area (Å²) in [6.45, 7) is 9.12. The molecule has 6 rings (SSSR count). The molecule has 15 heteroatoms. The maximum absolute atomic E-state index is 14.0. The maximum atomic E-state index is 14.0. The van der Waals surface area contributed by atoms with Crippen molar-refractivity contribution in [1.29, 1.82) is 0 Å². The summed E-state index contributed by atoms with van der Waals surface area (Å²) in [5, 5.41) is 15.4. The van der Waals surface area contributed by atoms with Crippen LogP contribution in [0.25, 0.3) is 11.3 Å². The molecule has 2 aromatic carbocycles. The van der Waals surface area contributed by atoms with Crippen molar-refractivity contribution in [3.8, 4) is 22.8 Å². The fourth-order valence-electron chi connectivity index (χ4n) is 7.07. The number of pyridine rings is 1. The SMILES string of the molecule is CCOC(=O)C1=C(COCCCCCCOc2cc3c(cc2OC)-c2cc(=O)c(C(=O)O)cn2C(C(C)(C)C)C3)NC(c2nccs2)=NC1c1ccc(F)cc1Cl. The van der Waals surface area contributed by atoms with Gasteiger partial charge in [0.25, 0.3) is 0 Å². The number of hydrogen-bond donors (Lipinski definition) is 2. The molecular weight excluding hydrogens is 775 g/mol. The molecule has 4 heterocycles. The zero-order chi connectivity index (χ0) is 40.9. The third-order valence-electron chi connectivity index (χ3n) is 9.92. The molecule has 12 nitrogen and oxygen atoms in total. The number of methoxy groups -OCH3 is 1. The summed E-state index contributed by atoms with van der Waals surface area (Å²) in [5.41, 5.74) is 2.59. The van der Waals surface area contributed by atoms with Gasteiger partial charge in [0.05, 0.1) is 43.9 Å². The molecule has 0 amide bonds. The fraction of sp³-hybridized carbons (Fsp3) is 0.405. The summed E-state index contributed by atoms with van der Waals surface area (Å²) in [7, 11) is 1.56. The van der Waals surface area contributed by atoms with Crippen LogP contribution in [-0.4, -0.2) is 66.0 Å². The Morgan fingerprint density at radius 2 is 1.86 bits per heavy atom. The van der Waals surface area contributed by atoms with Crippen molar-refractivity contribution >= 4 is 40.7 Å². The third kappa shape index (κ3) is 9.40. The lowest BCUT2D eigenvalue weighted by atomic mass is 9.78. The average molecular weight is 821 g/mol. The highest BCUT2D eigenvalue weighted by atomic mass is 35.5. The van der Waals surface area contributed by atoms with Gasteiger partial charge in [-0.3, -0.25) is 9.79 Å². The van der Waals surface area contributed by atoms with E-state index in [9.17, 15) is 23.9 Å². The highest BCUT2D eigenvalue weighted by Crippen LogP contribution is 2.46. The number of hydrogen-bond acceptors (Lipinski definition) is 11. The van der Waals surface area contributed by atoms with Crippen molar-refractivity contribution in [2.75, 3.05) is 33.5 Å². The number of ether oxygens (including phenoxy) is 4.